The van der Waals surface area contributed by atoms with Crippen molar-refractivity contribution in [2.75, 3.05) is 22.1 Å². The molecule has 0 unspecified atom stereocenters. The normalized spacial score (nSPS) is 10.9. The van der Waals surface area contributed by atoms with Gasteiger partial charge >= 0.3 is 0 Å². The van der Waals surface area contributed by atoms with E-state index in [1.165, 1.54) is 24.3 Å². The highest BCUT2D eigenvalue weighted by molar-refractivity contribution is 5.79. The number of nitrogens with one attached hydrogen (secondary N) is 2. The number of hydrogen-bond acceptors (Lipinski definition) is 11. The third-order valence-corrected chi connectivity index (χ3v) is 8.47. The van der Waals surface area contributed by atoms with Crippen LogP contribution in [0.15, 0.2) is 97.1 Å². The van der Waals surface area contributed by atoms with Crippen molar-refractivity contribution >= 4 is 57.0 Å². The fourth-order valence-corrected chi connectivity index (χ4v) is 6.04. The lowest BCUT2D eigenvalue weighted by Gasteiger charge is -2.11. The minimum atomic E-state index is -0.353. The molecule has 0 aliphatic heterocycles. The van der Waals surface area contributed by atoms with Gasteiger partial charge < -0.3 is 22.1 Å². The molecule has 0 radical (unpaired) electrons. The minimum Gasteiger partial charge on any atom is -0.383 e. The van der Waals surface area contributed by atoms with Crippen LogP contribution < -0.4 is 22.1 Å². The summed E-state index contributed by atoms with van der Waals surface area (Å²) >= 11 is 0. The average Bonchev–Trinajstić information content (AvgIpc) is 3.72. The molecule has 0 aliphatic carbocycles. The number of nitriles is 1. The highest BCUT2D eigenvalue weighted by Crippen LogP contribution is 2.26. The van der Waals surface area contributed by atoms with Crippen LogP contribution in [0.4, 0.5) is 43.7 Å². The molecule has 4 aromatic carbocycles. The lowest BCUT2D eigenvalue weighted by atomic mass is 10.2. The Kier molecular flexibility index (Phi) is 9.96. The molecule has 4 heterocycles. The number of anilines is 6. The number of imidazole rings is 2. The molecule has 0 aliphatic rings. The van der Waals surface area contributed by atoms with Crippen LogP contribution in [-0.4, -0.2) is 39.0 Å². The van der Waals surface area contributed by atoms with Gasteiger partial charge in [-0.25, -0.2) is 18.7 Å². The standard InChI is InChI=1S/C20H16FN7.C20H19FN6/c1-2-18-25-15-8-5-13(21)9-16(15)28(18)19-10-17(23)26-20(27-19)24-14-6-3-12(11-22)4-7-14;1-3-18-24-15-8-7-13(21)10-16(15)27(18)19-11-17(22)25-20(26-19)23-14-6-4-5-12(2)9-14/h3-10H,2H2,1H3,(H3,23,24,26,27);4-11H,3H2,1-2H3,(H3,22,23,25,26). The smallest absolute Gasteiger partial charge is 0.231 e. The predicted molar refractivity (Wildman–Crippen MR) is 210 cm³/mol. The number of benzene rings is 4. The number of hydrogen-bond donors (Lipinski definition) is 4. The van der Waals surface area contributed by atoms with Gasteiger partial charge in [0.2, 0.25) is 11.9 Å². The van der Waals surface area contributed by atoms with Crippen molar-refractivity contribution in [3.8, 4) is 17.7 Å². The Morgan fingerprint density at radius 1 is 0.618 bits per heavy atom. The number of aromatic nitrogens is 8. The van der Waals surface area contributed by atoms with E-state index in [1.807, 2.05) is 49.6 Å². The Labute approximate surface area is 314 Å². The van der Waals surface area contributed by atoms with E-state index in [9.17, 15) is 8.78 Å². The van der Waals surface area contributed by atoms with Crippen LogP contribution in [0.25, 0.3) is 33.7 Å². The first kappa shape index (κ1) is 35.9. The molecule has 0 spiro atoms. The molecule has 6 N–H and O–H groups in total. The van der Waals surface area contributed by atoms with E-state index in [2.05, 4.69) is 46.6 Å². The van der Waals surface area contributed by atoms with Gasteiger partial charge in [-0.05, 0) is 73.2 Å². The number of halogens is 2. The quantitative estimate of drug-likeness (QED) is 0.119. The summed E-state index contributed by atoms with van der Waals surface area (Å²) in [6.07, 6.45) is 1.30. The van der Waals surface area contributed by atoms with E-state index in [4.69, 9.17) is 16.7 Å². The summed E-state index contributed by atoms with van der Waals surface area (Å²) in [7, 11) is 0. The van der Waals surface area contributed by atoms with Crippen molar-refractivity contribution in [2.24, 2.45) is 0 Å². The van der Waals surface area contributed by atoms with Gasteiger partial charge in [0.1, 0.15) is 46.6 Å². The Balaban J connectivity index is 0.000000169. The minimum absolute atomic E-state index is 0.265. The second-order valence-corrected chi connectivity index (χ2v) is 12.5. The first-order valence-electron chi connectivity index (χ1n) is 17.3. The fourth-order valence-electron chi connectivity index (χ4n) is 6.04. The molecular weight excluding hydrogens is 701 g/mol. The summed E-state index contributed by atoms with van der Waals surface area (Å²) < 4.78 is 31.2. The summed E-state index contributed by atoms with van der Waals surface area (Å²) in [5.41, 5.74) is 17.9. The summed E-state index contributed by atoms with van der Waals surface area (Å²) in [4.78, 5) is 26.7. The average molecular weight is 736 g/mol. The van der Waals surface area contributed by atoms with Crippen LogP contribution in [-0.2, 0) is 12.8 Å². The molecule has 0 saturated carbocycles. The van der Waals surface area contributed by atoms with Crippen LogP contribution in [0.5, 0.6) is 0 Å². The number of nitrogen functional groups attached to an aromatic ring is 2. The van der Waals surface area contributed by atoms with Crippen molar-refractivity contribution in [3.05, 3.63) is 131 Å². The van der Waals surface area contributed by atoms with E-state index in [0.717, 1.165) is 22.9 Å². The summed E-state index contributed by atoms with van der Waals surface area (Å²) in [5, 5.41) is 15.2. The molecule has 4 aromatic heterocycles. The van der Waals surface area contributed by atoms with E-state index in [-0.39, 0.29) is 17.5 Å². The monoisotopic (exact) mass is 735 g/mol. The SMILES string of the molecule is CCc1nc2ccc(F)cc2n1-c1cc(N)nc(Nc2ccc(C#N)cc2)n1.CCc1nc2ccc(F)cc2n1-c1cc(N)nc(Nc2cccc(C)c2)n1. The number of nitrogens with two attached hydrogens (primary N) is 2. The van der Waals surface area contributed by atoms with Crippen LogP contribution in [0.1, 0.15) is 36.6 Å². The van der Waals surface area contributed by atoms with Gasteiger partial charge in [-0.2, -0.15) is 25.2 Å². The molecule has 55 heavy (non-hydrogen) atoms. The number of rotatable bonds is 8. The Bertz CT molecular complexity index is 2710. The fraction of sp³-hybridized carbons (Fsp3) is 0.125. The molecule has 8 aromatic rings. The molecule has 0 atom stereocenters. The van der Waals surface area contributed by atoms with Crippen molar-refractivity contribution in [1.29, 1.82) is 5.26 Å². The maximum absolute atomic E-state index is 13.8. The third kappa shape index (κ3) is 7.83. The molecule has 0 fully saturated rings. The van der Waals surface area contributed by atoms with Gasteiger partial charge in [0.15, 0.2) is 0 Å². The predicted octanol–water partition coefficient (Wildman–Crippen LogP) is 7.87. The van der Waals surface area contributed by atoms with Crippen molar-refractivity contribution < 1.29 is 8.78 Å². The maximum Gasteiger partial charge on any atom is 0.231 e. The maximum atomic E-state index is 13.8. The highest BCUT2D eigenvalue weighted by Gasteiger charge is 2.17. The second-order valence-electron chi connectivity index (χ2n) is 12.5. The highest BCUT2D eigenvalue weighted by atomic mass is 19.1. The van der Waals surface area contributed by atoms with E-state index in [1.54, 1.807) is 53.1 Å². The van der Waals surface area contributed by atoms with Gasteiger partial charge in [0, 0.05) is 48.5 Å². The van der Waals surface area contributed by atoms with Crippen molar-refractivity contribution in [3.63, 3.8) is 0 Å². The molecular formula is C40H35F2N13. The van der Waals surface area contributed by atoms with Crippen molar-refractivity contribution in [1.82, 2.24) is 39.0 Å². The molecule has 0 bridgehead atoms. The van der Waals surface area contributed by atoms with Gasteiger partial charge in [-0.3, -0.25) is 9.13 Å². The number of fused-ring (bicyclic) bond motifs is 2. The van der Waals surface area contributed by atoms with Gasteiger partial charge in [-0.1, -0.05) is 26.0 Å². The summed E-state index contributed by atoms with van der Waals surface area (Å²) in [6, 6.07) is 29.1. The Hall–Kier alpha value is -7.47. The molecule has 0 amide bonds. The lowest BCUT2D eigenvalue weighted by Crippen LogP contribution is -2.08. The first-order valence-corrected chi connectivity index (χ1v) is 17.3. The molecule has 13 nitrogen and oxygen atoms in total. The van der Waals surface area contributed by atoms with E-state index >= 15 is 0 Å². The van der Waals surface area contributed by atoms with Crippen LogP contribution in [0.3, 0.4) is 0 Å². The van der Waals surface area contributed by atoms with Crippen molar-refractivity contribution in [2.45, 2.75) is 33.6 Å². The molecule has 0 saturated heterocycles. The first-order chi connectivity index (χ1) is 26.6. The molecule has 274 valence electrons. The second kappa shape index (κ2) is 15.2. The number of nitrogens with zero attached hydrogens (tertiary/aromatic N) is 9. The lowest BCUT2D eigenvalue weighted by molar-refractivity contribution is 0.628. The molecule has 15 heteroatoms. The zero-order chi connectivity index (χ0) is 38.6. The number of aryl methyl sites for hydroxylation is 3. The summed E-state index contributed by atoms with van der Waals surface area (Å²) in [6.45, 7) is 5.97. The van der Waals surface area contributed by atoms with Crippen LogP contribution in [0, 0.1) is 29.9 Å². The van der Waals surface area contributed by atoms with Gasteiger partial charge in [0.05, 0.1) is 33.7 Å². The van der Waals surface area contributed by atoms with Gasteiger partial charge in [-0.15, -0.1) is 0 Å². The zero-order valence-electron chi connectivity index (χ0n) is 30.1. The van der Waals surface area contributed by atoms with E-state index in [0.29, 0.717) is 75.5 Å². The molecule has 8 rings (SSSR count). The largest absolute Gasteiger partial charge is 0.383 e. The van der Waals surface area contributed by atoms with Crippen LogP contribution >= 0.6 is 0 Å². The van der Waals surface area contributed by atoms with E-state index < -0.39 is 0 Å². The summed E-state index contributed by atoms with van der Waals surface area (Å²) in [5.74, 6) is 3.11. The third-order valence-electron chi connectivity index (χ3n) is 8.47. The topological polar surface area (TPSA) is 187 Å². The van der Waals surface area contributed by atoms with Gasteiger partial charge in [0.25, 0.3) is 0 Å². The Morgan fingerprint density at radius 3 is 1.60 bits per heavy atom. The zero-order valence-corrected chi connectivity index (χ0v) is 30.1. The van der Waals surface area contributed by atoms with Crippen LogP contribution in [0.2, 0.25) is 0 Å². The Morgan fingerprint density at radius 2 is 1.13 bits per heavy atom.